The molecular weight excluding hydrogens is 174 g/mol. The molecule has 0 aromatic rings. The topological polar surface area (TPSA) is 66.8 Å². The first kappa shape index (κ1) is 9.83. The first-order valence-corrected chi connectivity index (χ1v) is 4.24. The lowest BCUT2D eigenvalue weighted by Gasteiger charge is -2.30. The molecule has 1 fully saturated rings. The Balaban J connectivity index is 2.30. The van der Waals surface area contributed by atoms with Crippen molar-refractivity contribution >= 4 is 12.1 Å². The first-order valence-electron chi connectivity index (χ1n) is 4.24. The summed E-state index contributed by atoms with van der Waals surface area (Å²) in [5.74, 6) is 0.0359. The van der Waals surface area contributed by atoms with Crippen LogP contribution in [0.5, 0.6) is 0 Å². The van der Waals surface area contributed by atoms with Crippen LogP contribution in [0.4, 0.5) is 4.79 Å². The third-order valence-electron chi connectivity index (χ3n) is 2.15. The highest BCUT2D eigenvalue weighted by atomic mass is 16.7. The summed E-state index contributed by atoms with van der Waals surface area (Å²) >= 11 is 0. The number of carbonyl (C=O) groups excluding carboxylic acids is 1. The van der Waals surface area contributed by atoms with Crippen LogP contribution in [0, 0.1) is 0 Å². The maximum absolute atomic E-state index is 10.9. The molecule has 0 aromatic heterocycles. The predicted molar refractivity (Wildman–Crippen MR) is 44.4 cm³/mol. The zero-order valence-electron chi connectivity index (χ0n) is 7.52. The molecule has 0 aromatic carbocycles. The molecular formula is C8H13NO4. The van der Waals surface area contributed by atoms with Crippen LogP contribution >= 0.6 is 0 Å². The van der Waals surface area contributed by atoms with Gasteiger partial charge in [0.2, 0.25) is 5.91 Å². The van der Waals surface area contributed by atoms with Crippen LogP contribution in [0.15, 0.2) is 0 Å². The fourth-order valence-corrected chi connectivity index (χ4v) is 1.43. The number of carbonyl (C=O) groups is 2. The summed E-state index contributed by atoms with van der Waals surface area (Å²) in [5, 5.41) is 8.34. The van der Waals surface area contributed by atoms with Crippen molar-refractivity contribution in [2.75, 3.05) is 13.1 Å². The number of hydrogen-bond acceptors (Lipinski definition) is 3. The van der Waals surface area contributed by atoms with Gasteiger partial charge in [0.15, 0.2) is 0 Å². The van der Waals surface area contributed by atoms with Gasteiger partial charge in [-0.1, -0.05) is 0 Å². The van der Waals surface area contributed by atoms with Crippen LogP contribution in [0.25, 0.3) is 0 Å². The number of nitrogens with zero attached hydrogens (tertiary/aromatic N) is 1. The number of rotatable bonds is 1. The van der Waals surface area contributed by atoms with Crippen molar-refractivity contribution in [3.05, 3.63) is 0 Å². The van der Waals surface area contributed by atoms with Crippen LogP contribution < -0.4 is 0 Å². The highest BCUT2D eigenvalue weighted by Crippen LogP contribution is 2.13. The normalized spacial score (nSPS) is 18.4. The van der Waals surface area contributed by atoms with Crippen molar-refractivity contribution in [1.29, 1.82) is 0 Å². The van der Waals surface area contributed by atoms with E-state index in [0.29, 0.717) is 25.9 Å². The van der Waals surface area contributed by atoms with E-state index in [1.165, 1.54) is 6.92 Å². The lowest BCUT2D eigenvalue weighted by Crippen LogP contribution is -2.40. The van der Waals surface area contributed by atoms with Gasteiger partial charge in [0.05, 0.1) is 0 Å². The Morgan fingerprint density at radius 3 is 2.31 bits per heavy atom. The number of carboxylic acid groups (broad SMARTS) is 1. The smallest absolute Gasteiger partial charge is 0.450 e. The van der Waals surface area contributed by atoms with E-state index < -0.39 is 6.16 Å². The van der Waals surface area contributed by atoms with Crippen molar-refractivity contribution < 1.29 is 19.4 Å². The van der Waals surface area contributed by atoms with Crippen molar-refractivity contribution in [3.8, 4) is 0 Å². The minimum atomic E-state index is -1.23. The summed E-state index contributed by atoms with van der Waals surface area (Å²) in [6.07, 6.45) is -0.271. The Morgan fingerprint density at radius 2 is 1.92 bits per heavy atom. The summed E-state index contributed by atoms with van der Waals surface area (Å²) < 4.78 is 4.60. The van der Waals surface area contributed by atoms with Gasteiger partial charge in [-0.2, -0.15) is 0 Å². The molecule has 0 bridgehead atoms. The van der Waals surface area contributed by atoms with Gasteiger partial charge in [0, 0.05) is 32.9 Å². The number of piperidine rings is 1. The molecule has 74 valence electrons. The molecule has 1 aliphatic rings. The van der Waals surface area contributed by atoms with Crippen LogP contribution in [-0.2, 0) is 9.53 Å². The van der Waals surface area contributed by atoms with Crippen LogP contribution in [0.3, 0.4) is 0 Å². The lowest BCUT2D eigenvalue weighted by atomic mass is 10.1. The summed E-state index contributed by atoms with van der Waals surface area (Å²) in [6, 6.07) is 0. The summed E-state index contributed by atoms with van der Waals surface area (Å²) in [4.78, 5) is 22.8. The molecule has 0 spiro atoms. The largest absolute Gasteiger partial charge is 0.506 e. The van der Waals surface area contributed by atoms with Gasteiger partial charge in [-0.15, -0.1) is 0 Å². The highest BCUT2D eigenvalue weighted by molar-refractivity contribution is 5.73. The average Bonchev–Trinajstić information content (AvgIpc) is 2.04. The van der Waals surface area contributed by atoms with E-state index in [1.807, 2.05) is 0 Å². The molecule has 0 aliphatic carbocycles. The van der Waals surface area contributed by atoms with Crippen LogP contribution in [-0.4, -0.2) is 41.3 Å². The van der Waals surface area contributed by atoms with E-state index in [-0.39, 0.29) is 12.0 Å². The summed E-state index contributed by atoms with van der Waals surface area (Å²) in [5.41, 5.74) is 0. The molecule has 0 saturated carbocycles. The molecule has 13 heavy (non-hydrogen) atoms. The van der Waals surface area contributed by atoms with Gasteiger partial charge in [-0.25, -0.2) is 4.79 Å². The third-order valence-corrected chi connectivity index (χ3v) is 2.15. The first-order chi connectivity index (χ1) is 6.09. The van der Waals surface area contributed by atoms with Crippen LogP contribution in [0.2, 0.25) is 0 Å². The SMILES string of the molecule is CC(=O)N1CCC(OC(=O)O)CC1. The van der Waals surface area contributed by atoms with Crippen molar-refractivity contribution in [3.63, 3.8) is 0 Å². The molecule has 1 saturated heterocycles. The van der Waals surface area contributed by atoms with Gasteiger partial charge in [-0.3, -0.25) is 4.79 Å². The van der Waals surface area contributed by atoms with Gasteiger partial charge in [-0.05, 0) is 0 Å². The number of ether oxygens (including phenoxy) is 1. The molecule has 1 rings (SSSR count). The Hall–Kier alpha value is -1.26. The van der Waals surface area contributed by atoms with E-state index in [2.05, 4.69) is 4.74 Å². The zero-order valence-corrected chi connectivity index (χ0v) is 7.52. The molecule has 5 heteroatoms. The van der Waals surface area contributed by atoms with Crippen molar-refractivity contribution in [2.45, 2.75) is 25.9 Å². The Morgan fingerprint density at radius 1 is 1.38 bits per heavy atom. The third kappa shape index (κ3) is 2.93. The zero-order chi connectivity index (χ0) is 9.84. The van der Waals surface area contributed by atoms with Crippen molar-refractivity contribution in [2.24, 2.45) is 0 Å². The standard InChI is InChI=1S/C8H13NO4/c1-6(10)9-4-2-7(3-5-9)13-8(11)12/h7H,2-5H2,1H3,(H,11,12). The Bertz CT molecular complexity index is 208. The summed E-state index contributed by atoms with van der Waals surface area (Å²) in [6.45, 7) is 2.69. The van der Waals surface area contributed by atoms with E-state index in [9.17, 15) is 9.59 Å². The molecule has 0 unspecified atom stereocenters. The predicted octanol–water partition coefficient (Wildman–Crippen LogP) is 0.692. The monoisotopic (exact) mass is 187 g/mol. The highest BCUT2D eigenvalue weighted by Gasteiger charge is 2.22. The van der Waals surface area contributed by atoms with Crippen LogP contribution in [0.1, 0.15) is 19.8 Å². The average molecular weight is 187 g/mol. The quantitative estimate of drug-likeness (QED) is 0.613. The van der Waals surface area contributed by atoms with Gasteiger partial charge < -0.3 is 14.7 Å². The molecule has 1 N–H and O–H groups in total. The molecule has 1 aliphatic heterocycles. The second-order valence-corrected chi connectivity index (χ2v) is 3.09. The second kappa shape index (κ2) is 4.11. The molecule has 1 heterocycles. The van der Waals surface area contributed by atoms with E-state index in [0.717, 1.165) is 0 Å². The van der Waals surface area contributed by atoms with Gasteiger partial charge in [0.25, 0.3) is 0 Å². The Kier molecular flexibility index (Phi) is 3.11. The van der Waals surface area contributed by atoms with Gasteiger partial charge >= 0.3 is 6.16 Å². The molecule has 0 atom stereocenters. The molecule has 0 radical (unpaired) electrons. The Labute approximate surface area is 76.3 Å². The number of likely N-dealkylation sites (tertiary alicyclic amines) is 1. The van der Waals surface area contributed by atoms with E-state index >= 15 is 0 Å². The minimum absolute atomic E-state index is 0.0359. The number of hydrogen-bond donors (Lipinski definition) is 1. The van der Waals surface area contributed by atoms with Gasteiger partial charge in [0.1, 0.15) is 6.10 Å². The second-order valence-electron chi connectivity index (χ2n) is 3.09. The fraction of sp³-hybridized carbons (Fsp3) is 0.750. The van der Waals surface area contributed by atoms with E-state index in [1.54, 1.807) is 4.90 Å². The molecule has 1 amide bonds. The minimum Gasteiger partial charge on any atom is -0.450 e. The number of amides is 1. The fourth-order valence-electron chi connectivity index (χ4n) is 1.43. The molecule has 5 nitrogen and oxygen atoms in total. The lowest BCUT2D eigenvalue weighted by molar-refractivity contribution is -0.130. The van der Waals surface area contributed by atoms with E-state index in [4.69, 9.17) is 5.11 Å². The maximum Gasteiger partial charge on any atom is 0.506 e. The van der Waals surface area contributed by atoms with Crippen molar-refractivity contribution in [1.82, 2.24) is 4.90 Å². The maximum atomic E-state index is 10.9. The summed E-state index contributed by atoms with van der Waals surface area (Å²) in [7, 11) is 0.